The van der Waals surface area contributed by atoms with Gasteiger partial charge in [0.2, 0.25) is 0 Å². The van der Waals surface area contributed by atoms with Gasteiger partial charge in [0, 0.05) is 0 Å². The lowest BCUT2D eigenvalue weighted by atomic mass is 10.2. The molecular formula is C14H21O10. The second-order valence-electron chi connectivity index (χ2n) is 4.84. The zero-order valence-corrected chi connectivity index (χ0v) is 14.0. The van der Waals surface area contributed by atoms with Gasteiger partial charge in [-0.05, 0) is 12.3 Å². The van der Waals surface area contributed by atoms with Gasteiger partial charge in [-0.1, -0.05) is 27.2 Å². The highest BCUT2D eigenvalue weighted by molar-refractivity contribution is 5.82. The summed E-state index contributed by atoms with van der Waals surface area (Å²) in [4.78, 5) is 45.5. The monoisotopic (exact) mass is 349 g/mol. The zero-order valence-electron chi connectivity index (χ0n) is 14.0. The molecule has 1 atom stereocenters. The molecule has 0 aromatic rings. The highest BCUT2D eigenvalue weighted by Gasteiger charge is 2.54. The second-order valence-corrected chi connectivity index (χ2v) is 4.84. The van der Waals surface area contributed by atoms with Gasteiger partial charge in [-0.2, -0.15) is 0 Å². The molecule has 0 fully saturated rings. The van der Waals surface area contributed by atoms with Gasteiger partial charge in [-0.15, -0.1) is 0 Å². The minimum Gasteiger partial charge on any atom is -0.460 e. The molecule has 137 valence electrons. The number of rotatable bonds is 10. The Kier molecular flexibility index (Phi) is 9.92. The lowest BCUT2D eigenvalue weighted by Crippen LogP contribution is -2.50. The van der Waals surface area contributed by atoms with Crippen molar-refractivity contribution in [2.24, 2.45) is 5.92 Å². The van der Waals surface area contributed by atoms with Crippen molar-refractivity contribution in [1.29, 1.82) is 0 Å². The van der Waals surface area contributed by atoms with Gasteiger partial charge in [-0.3, -0.25) is 0 Å². The Hall–Kier alpha value is -2.52. The van der Waals surface area contributed by atoms with Crippen molar-refractivity contribution in [3.05, 3.63) is 0 Å². The third kappa shape index (κ3) is 7.65. The molecular weight excluding hydrogens is 328 g/mol. The molecule has 10 nitrogen and oxygen atoms in total. The third-order valence-electron chi connectivity index (χ3n) is 2.30. The van der Waals surface area contributed by atoms with Gasteiger partial charge in [0.15, 0.2) is 0 Å². The van der Waals surface area contributed by atoms with Crippen molar-refractivity contribution in [2.75, 3.05) is 20.3 Å². The van der Waals surface area contributed by atoms with E-state index in [0.29, 0.717) is 6.42 Å². The molecule has 0 aromatic heterocycles. The SMILES string of the molecule is CCCCOC(=O)OC(O[C]=O)(OC(=O)OCC(C)C)C(=O)OC. The molecule has 1 radical (unpaired) electrons. The molecule has 0 N–H and O–H groups in total. The molecule has 0 aliphatic rings. The lowest BCUT2D eigenvalue weighted by molar-refractivity contribution is -0.299. The number of ether oxygens (including phenoxy) is 6. The number of carbonyl (C=O) groups is 3. The molecule has 0 saturated heterocycles. The molecule has 0 spiro atoms. The Morgan fingerprint density at radius 1 is 1.08 bits per heavy atom. The fourth-order valence-electron chi connectivity index (χ4n) is 1.18. The minimum absolute atomic E-state index is 0.0187. The summed E-state index contributed by atoms with van der Waals surface area (Å²) in [5.41, 5.74) is 0. The van der Waals surface area contributed by atoms with Crippen molar-refractivity contribution in [3.8, 4) is 0 Å². The van der Waals surface area contributed by atoms with Crippen LogP contribution in [0.2, 0.25) is 0 Å². The number of unbranched alkanes of at least 4 members (excludes halogenated alkanes) is 1. The van der Waals surface area contributed by atoms with Crippen molar-refractivity contribution in [1.82, 2.24) is 0 Å². The maximum Gasteiger partial charge on any atom is 0.534 e. The molecule has 0 aliphatic carbocycles. The van der Waals surface area contributed by atoms with E-state index in [4.69, 9.17) is 0 Å². The number of hydrogen-bond donors (Lipinski definition) is 0. The molecule has 24 heavy (non-hydrogen) atoms. The van der Waals surface area contributed by atoms with Gasteiger partial charge < -0.3 is 28.4 Å². The maximum absolute atomic E-state index is 11.8. The van der Waals surface area contributed by atoms with E-state index < -0.39 is 24.3 Å². The largest absolute Gasteiger partial charge is 0.534 e. The van der Waals surface area contributed by atoms with Crippen LogP contribution in [0.1, 0.15) is 33.6 Å². The summed E-state index contributed by atoms with van der Waals surface area (Å²) in [6.07, 6.45) is -1.59. The molecule has 0 amide bonds. The van der Waals surface area contributed by atoms with E-state index in [1.807, 2.05) is 6.92 Å². The molecule has 0 rings (SSSR count). The predicted molar refractivity (Wildman–Crippen MR) is 76.1 cm³/mol. The minimum atomic E-state index is -3.14. The van der Waals surface area contributed by atoms with Crippen LogP contribution in [0.4, 0.5) is 9.59 Å². The summed E-state index contributed by atoms with van der Waals surface area (Å²) in [7, 11) is 0.889. The van der Waals surface area contributed by atoms with E-state index in [9.17, 15) is 19.2 Å². The van der Waals surface area contributed by atoms with Crippen LogP contribution < -0.4 is 0 Å². The Morgan fingerprint density at radius 2 is 1.67 bits per heavy atom. The number of hydrogen-bond acceptors (Lipinski definition) is 10. The van der Waals surface area contributed by atoms with E-state index in [1.54, 1.807) is 13.8 Å². The Bertz CT molecular complexity index is 433. The smallest absolute Gasteiger partial charge is 0.460 e. The van der Waals surface area contributed by atoms with Gasteiger partial charge in [0.25, 0.3) is 0 Å². The van der Waals surface area contributed by atoms with Gasteiger partial charge in [0.1, 0.15) is 0 Å². The van der Waals surface area contributed by atoms with Crippen LogP contribution in [-0.2, 0) is 38.0 Å². The van der Waals surface area contributed by atoms with Crippen molar-refractivity contribution < 1.29 is 47.6 Å². The van der Waals surface area contributed by atoms with Crippen LogP contribution in [-0.4, -0.2) is 51.0 Å². The fraction of sp³-hybridized carbons (Fsp3) is 0.714. The molecule has 0 aromatic carbocycles. The Morgan fingerprint density at radius 3 is 2.12 bits per heavy atom. The third-order valence-corrected chi connectivity index (χ3v) is 2.30. The van der Waals surface area contributed by atoms with Gasteiger partial charge in [-0.25, -0.2) is 19.2 Å². The maximum atomic E-state index is 11.8. The van der Waals surface area contributed by atoms with Crippen LogP contribution in [0.25, 0.3) is 0 Å². The molecule has 0 aliphatic heterocycles. The van der Waals surface area contributed by atoms with E-state index in [0.717, 1.165) is 20.0 Å². The molecule has 1 unspecified atom stereocenters. The van der Waals surface area contributed by atoms with Crippen LogP contribution >= 0.6 is 0 Å². The van der Waals surface area contributed by atoms with Crippen molar-refractivity contribution >= 4 is 24.8 Å². The topological polar surface area (TPSA) is 124 Å². The molecule has 0 bridgehead atoms. The van der Waals surface area contributed by atoms with Crippen molar-refractivity contribution in [2.45, 2.75) is 39.6 Å². The number of esters is 1. The van der Waals surface area contributed by atoms with Crippen molar-refractivity contribution in [3.63, 3.8) is 0 Å². The first-order valence-electron chi connectivity index (χ1n) is 7.16. The summed E-state index contributed by atoms with van der Waals surface area (Å²) in [6.45, 7) is 6.13. The van der Waals surface area contributed by atoms with E-state index in [2.05, 4.69) is 28.4 Å². The summed E-state index contributed by atoms with van der Waals surface area (Å²) in [6, 6.07) is 0. The normalized spacial score (nSPS) is 12.5. The molecule has 0 saturated carbocycles. The average Bonchev–Trinajstić information content (AvgIpc) is 2.52. The predicted octanol–water partition coefficient (Wildman–Crippen LogP) is 1.66. The average molecular weight is 349 g/mol. The fourth-order valence-corrected chi connectivity index (χ4v) is 1.18. The highest BCUT2D eigenvalue weighted by Crippen LogP contribution is 2.19. The van der Waals surface area contributed by atoms with E-state index in [-0.39, 0.29) is 19.1 Å². The van der Waals surface area contributed by atoms with Crippen LogP contribution in [0.3, 0.4) is 0 Å². The molecule has 10 heteroatoms. The summed E-state index contributed by atoms with van der Waals surface area (Å²) in [5, 5.41) is 0. The van der Waals surface area contributed by atoms with Gasteiger partial charge >= 0.3 is 30.7 Å². The first-order chi connectivity index (χ1) is 11.3. The second kappa shape index (κ2) is 11.1. The quantitative estimate of drug-likeness (QED) is 0.249. The summed E-state index contributed by atoms with van der Waals surface area (Å²) >= 11 is 0. The van der Waals surface area contributed by atoms with Crippen LogP contribution in [0.5, 0.6) is 0 Å². The highest BCUT2D eigenvalue weighted by atomic mass is 17.0. The van der Waals surface area contributed by atoms with Crippen LogP contribution in [0.15, 0.2) is 0 Å². The zero-order chi connectivity index (χ0) is 18.6. The van der Waals surface area contributed by atoms with Crippen LogP contribution in [0, 0.1) is 5.92 Å². The standard InChI is InChI=1S/C14H21O10/c1-5-6-7-20-12(17)23-14(22-9-15,11(16)19-4)24-13(18)21-8-10(2)3/h10H,5-8H2,1-4H3. The van der Waals surface area contributed by atoms with E-state index >= 15 is 0 Å². The summed E-state index contributed by atoms with van der Waals surface area (Å²) in [5.74, 6) is -4.68. The van der Waals surface area contributed by atoms with Gasteiger partial charge in [0.05, 0.1) is 20.3 Å². The Labute approximate surface area is 139 Å². The summed E-state index contributed by atoms with van der Waals surface area (Å²) < 4.78 is 26.9. The molecule has 0 heterocycles. The first kappa shape index (κ1) is 21.5. The first-order valence-corrected chi connectivity index (χ1v) is 7.16. The lowest BCUT2D eigenvalue weighted by Gasteiger charge is -2.25. The Balaban J connectivity index is 5.11. The number of carbonyl (C=O) groups excluding carboxylic acids is 4. The number of methoxy groups -OCH3 is 1. The van der Waals surface area contributed by atoms with E-state index in [1.165, 1.54) is 0 Å².